The number of pyridine rings is 1. The number of esters is 1. The minimum Gasteiger partial charge on any atom is -0.456 e. The number of hydrogen-bond acceptors (Lipinski definition) is 10. The summed E-state index contributed by atoms with van der Waals surface area (Å²) < 4.78 is 10.3. The highest BCUT2D eigenvalue weighted by atomic mass is 32.1. The molecule has 3 aromatic heterocycles. The molecule has 3 rings (SSSR count). The third-order valence-electron chi connectivity index (χ3n) is 4.00. The molecule has 12 heteroatoms. The minimum atomic E-state index is -0.631. The van der Waals surface area contributed by atoms with Gasteiger partial charge in [-0.25, -0.2) is 14.8 Å². The second kappa shape index (κ2) is 9.86. The van der Waals surface area contributed by atoms with E-state index in [9.17, 15) is 14.4 Å². The van der Waals surface area contributed by atoms with Gasteiger partial charge in [-0.2, -0.15) is 4.98 Å². The maximum absolute atomic E-state index is 12.4. The molecule has 0 radical (unpaired) electrons. The van der Waals surface area contributed by atoms with Gasteiger partial charge >= 0.3 is 5.97 Å². The van der Waals surface area contributed by atoms with Gasteiger partial charge < -0.3 is 19.9 Å². The number of anilines is 1. The molecule has 0 spiro atoms. The van der Waals surface area contributed by atoms with Crippen molar-refractivity contribution < 1.29 is 23.6 Å². The van der Waals surface area contributed by atoms with E-state index in [0.717, 1.165) is 11.3 Å². The molecule has 0 aliphatic carbocycles. The molecule has 0 unspecified atom stereocenters. The Morgan fingerprint density at radius 1 is 1.12 bits per heavy atom. The zero-order valence-corrected chi connectivity index (χ0v) is 19.7. The Morgan fingerprint density at radius 2 is 1.88 bits per heavy atom. The van der Waals surface area contributed by atoms with Crippen molar-refractivity contribution in [2.45, 2.75) is 46.6 Å². The largest absolute Gasteiger partial charge is 0.456 e. The van der Waals surface area contributed by atoms with E-state index in [1.165, 1.54) is 0 Å². The standard InChI is InChI=1S/C21H24N6O5S/c1-11-16(19(30)31-21(3,4)5)33-20(23-11)26-15(28)9-10-22-18(29)14-8-6-7-13(25-14)17-24-12(2)32-27-17/h6-8H,9-10H2,1-5H3,(H,22,29)(H,23,26,28). The second-order valence-electron chi connectivity index (χ2n) is 8.03. The van der Waals surface area contributed by atoms with Crippen LogP contribution in [0.3, 0.4) is 0 Å². The number of thiazole rings is 1. The minimum absolute atomic E-state index is 0.00979. The van der Waals surface area contributed by atoms with Gasteiger partial charge in [-0.05, 0) is 39.8 Å². The first-order valence-electron chi connectivity index (χ1n) is 10.1. The molecule has 0 aliphatic heterocycles. The number of carbonyl (C=O) groups excluding carboxylic acids is 3. The smallest absolute Gasteiger partial charge is 0.350 e. The monoisotopic (exact) mass is 472 g/mol. The molecule has 0 fully saturated rings. The van der Waals surface area contributed by atoms with Crippen LogP contribution in [0.4, 0.5) is 5.13 Å². The van der Waals surface area contributed by atoms with Crippen molar-refractivity contribution >= 4 is 34.3 Å². The van der Waals surface area contributed by atoms with E-state index >= 15 is 0 Å². The number of carbonyl (C=O) groups is 3. The average Bonchev–Trinajstić information content (AvgIpc) is 3.32. The first-order valence-corrected chi connectivity index (χ1v) is 10.9. The molecular weight excluding hydrogens is 448 g/mol. The summed E-state index contributed by atoms with van der Waals surface area (Å²) in [6.07, 6.45) is 0.00979. The predicted molar refractivity (Wildman–Crippen MR) is 120 cm³/mol. The summed E-state index contributed by atoms with van der Waals surface area (Å²) in [7, 11) is 0. The molecular formula is C21H24N6O5S. The molecule has 0 bridgehead atoms. The summed E-state index contributed by atoms with van der Waals surface area (Å²) in [4.78, 5) is 49.7. The van der Waals surface area contributed by atoms with E-state index in [1.54, 1.807) is 52.8 Å². The van der Waals surface area contributed by atoms with E-state index < -0.39 is 17.5 Å². The Balaban J connectivity index is 1.51. The van der Waals surface area contributed by atoms with Crippen molar-refractivity contribution in [1.29, 1.82) is 0 Å². The van der Waals surface area contributed by atoms with Crippen LogP contribution in [0, 0.1) is 13.8 Å². The quantitative estimate of drug-likeness (QED) is 0.495. The molecule has 11 nitrogen and oxygen atoms in total. The van der Waals surface area contributed by atoms with Gasteiger partial charge in [0.1, 0.15) is 21.9 Å². The van der Waals surface area contributed by atoms with Gasteiger partial charge in [-0.3, -0.25) is 9.59 Å². The first-order chi connectivity index (χ1) is 15.5. The fraction of sp³-hybridized carbons (Fsp3) is 0.381. The van der Waals surface area contributed by atoms with Crippen molar-refractivity contribution in [3.05, 3.63) is 40.4 Å². The zero-order chi connectivity index (χ0) is 24.2. The van der Waals surface area contributed by atoms with Gasteiger partial charge in [0.25, 0.3) is 5.91 Å². The molecule has 2 N–H and O–H groups in total. The van der Waals surface area contributed by atoms with Crippen LogP contribution in [0.1, 0.15) is 58.9 Å². The van der Waals surface area contributed by atoms with Crippen LogP contribution in [0.2, 0.25) is 0 Å². The third kappa shape index (κ3) is 6.65. The highest BCUT2D eigenvalue weighted by molar-refractivity contribution is 7.17. The van der Waals surface area contributed by atoms with Crippen molar-refractivity contribution in [2.75, 3.05) is 11.9 Å². The lowest BCUT2D eigenvalue weighted by atomic mass is 10.2. The number of nitrogens with zero attached hydrogens (tertiary/aromatic N) is 4. The van der Waals surface area contributed by atoms with E-state index in [-0.39, 0.29) is 35.5 Å². The predicted octanol–water partition coefficient (Wildman–Crippen LogP) is 2.92. The Kier molecular flexibility index (Phi) is 7.16. The summed E-state index contributed by atoms with van der Waals surface area (Å²) >= 11 is 1.04. The van der Waals surface area contributed by atoms with Gasteiger partial charge in [0, 0.05) is 19.9 Å². The van der Waals surface area contributed by atoms with Gasteiger partial charge in [0.05, 0.1) is 5.69 Å². The molecule has 3 heterocycles. The van der Waals surface area contributed by atoms with Crippen LogP contribution in [0.5, 0.6) is 0 Å². The van der Waals surface area contributed by atoms with E-state index in [1.807, 2.05) is 0 Å². The fourth-order valence-corrected chi connectivity index (χ4v) is 3.47. The lowest BCUT2D eigenvalue weighted by Gasteiger charge is -2.18. The molecule has 0 saturated heterocycles. The summed E-state index contributed by atoms with van der Waals surface area (Å²) in [6, 6.07) is 4.86. The summed E-state index contributed by atoms with van der Waals surface area (Å²) in [6.45, 7) is 8.73. The van der Waals surface area contributed by atoms with Crippen LogP contribution in [0.15, 0.2) is 22.7 Å². The van der Waals surface area contributed by atoms with Gasteiger partial charge in [-0.15, -0.1) is 0 Å². The van der Waals surface area contributed by atoms with Crippen molar-refractivity contribution in [2.24, 2.45) is 0 Å². The lowest BCUT2D eigenvalue weighted by molar-refractivity contribution is -0.116. The topological polar surface area (TPSA) is 149 Å². The number of rotatable bonds is 7. The number of aromatic nitrogens is 4. The second-order valence-corrected chi connectivity index (χ2v) is 9.03. The van der Waals surface area contributed by atoms with Crippen LogP contribution in [-0.2, 0) is 9.53 Å². The molecule has 174 valence electrons. The van der Waals surface area contributed by atoms with Crippen molar-refractivity contribution in [1.82, 2.24) is 25.4 Å². The van der Waals surface area contributed by atoms with Crippen LogP contribution < -0.4 is 10.6 Å². The van der Waals surface area contributed by atoms with Gasteiger partial charge in [0.2, 0.25) is 17.6 Å². The van der Waals surface area contributed by atoms with Crippen molar-refractivity contribution in [3.8, 4) is 11.5 Å². The van der Waals surface area contributed by atoms with Gasteiger partial charge in [0.15, 0.2) is 5.13 Å². The maximum atomic E-state index is 12.4. The molecule has 0 saturated carbocycles. The van der Waals surface area contributed by atoms with Crippen LogP contribution >= 0.6 is 11.3 Å². The average molecular weight is 473 g/mol. The number of nitrogens with one attached hydrogen (secondary N) is 2. The Hall–Kier alpha value is -3.67. The maximum Gasteiger partial charge on any atom is 0.350 e. The molecule has 3 aromatic rings. The molecule has 33 heavy (non-hydrogen) atoms. The number of aryl methyl sites for hydroxylation is 2. The Labute approximate surface area is 194 Å². The fourth-order valence-electron chi connectivity index (χ4n) is 2.61. The number of amides is 2. The SMILES string of the molecule is Cc1nc(-c2cccc(C(=O)NCCC(=O)Nc3nc(C)c(C(=O)OC(C)(C)C)s3)n2)no1. The summed E-state index contributed by atoms with van der Waals surface area (Å²) in [5.41, 5.74) is 0.402. The highest BCUT2D eigenvalue weighted by Gasteiger charge is 2.23. The van der Waals surface area contributed by atoms with Crippen LogP contribution in [-0.4, -0.2) is 50.0 Å². The summed E-state index contributed by atoms with van der Waals surface area (Å²) in [5, 5.41) is 9.34. The molecule has 0 atom stereocenters. The van der Waals surface area contributed by atoms with E-state index in [2.05, 4.69) is 30.7 Å². The summed E-state index contributed by atoms with van der Waals surface area (Å²) in [5.74, 6) is -0.616. The highest BCUT2D eigenvalue weighted by Crippen LogP contribution is 2.25. The lowest BCUT2D eigenvalue weighted by Crippen LogP contribution is -2.28. The van der Waals surface area contributed by atoms with Gasteiger partial charge in [-0.1, -0.05) is 22.6 Å². The van der Waals surface area contributed by atoms with Crippen LogP contribution in [0.25, 0.3) is 11.5 Å². The molecule has 0 aliphatic rings. The Bertz CT molecular complexity index is 1180. The van der Waals surface area contributed by atoms with Crippen molar-refractivity contribution in [3.63, 3.8) is 0 Å². The van der Waals surface area contributed by atoms with E-state index in [4.69, 9.17) is 9.26 Å². The number of ether oxygens (including phenoxy) is 1. The Morgan fingerprint density at radius 3 is 2.55 bits per heavy atom. The molecule has 2 amide bonds. The first kappa shape index (κ1) is 24.0. The third-order valence-corrected chi connectivity index (χ3v) is 5.06. The number of hydrogen-bond donors (Lipinski definition) is 2. The van der Waals surface area contributed by atoms with E-state index in [0.29, 0.717) is 22.2 Å². The zero-order valence-electron chi connectivity index (χ0n) is 18.9. The normalized spacial score (nSPS) is 11.2. The molecule has 0 aromatic carbocycles.